The summed E-state index contributed by atoms with van der Waals surface area (Å²) in [4.78, 5) is 2.57. The Labute approximate surface area is 88.7 Å². The van der Waals surface area contributed by atoms with Crippen LogP contribution in [0, 0.1) is 0 Å². The maximum absolute atomic E-state index is 2.82. The Morgan fingerprint density at radius 3 is 2.57 bits per heavy atom. The second kappa shape index (κ2) is 4.91. The molecule has 1 nitrogen and oxygen atoms in total. The van der Waals surface area contributed by atoms with Crippen LogP contribution in [0.1, 0.15) is 18.4 Å². The van der Waals surface area contributed by atoms with Gasteiger partial charge in [-0.3, -0.25) is 0 Å². The predicted octanol–water partition coefficient (Wildman–Crippen LogP) is 1.83. The van der Waals surface area contributed by atoms with E-state index >= 15 is 0 Å². The van der Waals surface area contributed by atoms with Gasteiger partial charge in [-0.25, -0.2) is 0 Å². The van der Waals surface area contributed by atoms with Crippen molar-refractivity contribution in [1.29, 1.82) is 0 Å². The van der Waals surface area contributed by atoms with Gasteiger partial charge in [-0.2, -0.15) is 0 Å². The zero-order valence-corrected chi connectivity index (χ0v) is 9.73. The molecule has 0 N–H and O–H groups in total. The molecule has 0 radical (unpaired) electrons. The van der Waals surface area contributed by atoms with Crippen LogP contribution in [0.3, 0.4) is 0 Å². The van der Waals surface area contributed by atoms with Crippen molar-refractivity contribution < 1.29 is 0 Å². The molecule has 1 fully saturated rings. The first-order chi connectivity index (χ1) is 6.86. The summed E-state index contributed by atoms with van der Waals surface area (Å²) in [6.45, 7) is 3.84. The highest BCUT2D eigenvalue weighted by molar-refractivity contribution is 7.27. The van der Waals surface area contributed by atoms with Crippen LogP contribution in [0.2, 0.25) is 0 Å². The maximum Gasteiger partial charge on any atom is 0.00220 e. The van der Waals surface area contributed by atoms with Gasteiger partial charge < -0.3 is 4.90 Å². The molecule has 1 unspecified atom stereocenters. The highest BCUT2D eigenvalue weighted by Crippen LogP contribution is 2.09. The topological polar surface area (TPSA) is 3.24 Å². The largest absolute Gasteiger partial charge is 0.303 e. The highest BCUT2D eigenvalue weighted by atomic mass is 31.0. The summed E-state index contributed by atoms with van der Waals surface area (Å²) < 4.78 is 0. The molecule has 0 bridgehead atoms. The standard InChI is InChI=1S/C12H18NP/c14-12-6-2-1-5-11(12)7-10-13-8-3-4-9-13/h1-2,5-6H,3-4,7-10,14H2. The zero-order chi connectivity index (χ0) is 9.80. The van der Waals surface area contributed by atoms with Crippen LogP contribution in [0.25, 0.3) is 0 Å². The van der Waals surface area contributed by atoms with Gasteiger partial charge in [0, 0.05) is 6.54 Å². The van der Waals surface area contributed by atoms with Crippen molar-refractivity contribution in [3.63, 3.8) is 0 Å². The van der Waals surface area contributed by atoms with Crippen molar-refractivity contribution >= 4 is 14.5 Å². The van der Waals surface area contributed by atoms with E-state index in [4.69, 9.17) is 0 Å². The SMILES string of the molecule is Pc1ccccc1CCN1CCCC1. The summed E-state index contributed by atoms with van der Waals surface area (Å²) in [6, 6.07) is 8.64. The van der Waals surface area contributed by atoms with E-state index in [1.165, 1.54) is 49.8 Å². The molecule has 2 heteroatoms. The number of benzene rings is 1. The Morgan fingerprint density at radius 1 is 1.14 bits per heavy atom. The highest BCUT2D eigenvalue weighted by Gasteiger charge is 2.10. The van der Waals surface area contributed by atoms with E-state index in [0.717, 1.165) is 0 Å². The fourth-order valence-corrected chi connectivity index (χ4v) is 2.40. The van der Waals surface area contributed by atoms with Crippen molar-refractivity contribution in [2.24, 2.45) is 0 Å². The molecule has 0 amide bonds. The number of hydrogen-bond acceptors (Lipinski definition) is 1. The predicted molar refractivity (Wildman–Crippen MR) is 65.2 cm³/mol. The molecule has 1 aromatic rings. The molecule has 2 rings (SSSR count). The van der Waals surface area contributed by atoms with Crippen LogP contribution in [0.5, 0.6) is 0 Å². The zero-order valence-electron chi connectivity index (χ0n) is 8.58. The van der Waals surface area contributed by atoms with E-state index in [0.29, 0.717) is 0 Å². The first kappa shape index (κ1) is 10.1. The van der Waals surface area contributed by atoms with E-state index in [2.05, 4.69) is 38.4 Å². The Balaban J connectivity index is 1.88. The van der Waals surface area contributed by atoms with Gasteiger partial charge in [0.15, 0.2) is 0 Å². The second-order valence-corrected chi connectivity index (χ2v) is 4.62. The number of likely N-dealkylation sites (tertiary alicyclic amines) is 1. The number of rotatable bonds is 3. The van der Waals surface area contributed by atoms with E-state index < -0.39 is 0 Å². The van der Waals surface area contributed by atoms with Crippen molar-refractivity contribution in [2.75, 3.05) is 19.6 Å². The van der Waals surface area contributed by atoms with Crippen LogP contribution in [0.15, 0.2) is 24.3 Å². The molecule has 1 heterocycles. The Hall–Kier alpha value is -0.390. The molecular formula is C12H18NP. The van der Waals surface area contributed by atoms with Crippen LogP contribution in [-0.4, -0.2) is 24.5 Å². The fraction of sp³-hybridized carbons (Fsp3) is 0.500. The summed E-state index contributed by atoms with van der Waals surface area (Å²) in [5.74, 6) is 0. The minimum atomic E-state index is 1.19. The minimum Gasteiger partial charge on any atom is -0.303 e. The van der Waals surface area contributed by atoms with Gasteiger partial charge in [0.25, 0.3) is 0 Å². The first-order valence-electron chi connectivity index (χ1n) is 5.42. The lowest BCUT2D eigenvalue weighted by molar-refractivity contribution is 0.344. The molecule has 0 aromatic heterocycles. The van der Waals surface area contributed by atoms with Gasteiger partial charge in [-0.05, 0) is 43.2 Å². The number of nitrogens with zero attached hydrogens (tertiary/aromatic N) is 1. The molecule has 14 heavy (non-hydrogen) atoms. The van der Waals surface area contributed by atoms with E-state index in [9.17, 15) is 0 Å². The number of hydrogen-bond donors (Lipinski definition) is 0. The first-order valence-corrected chi connectivity index (χ1v) is 6.00. The molecule has 0 saturated carbocycles. The average Bonchev–Trinajstić information content (AvgIpc) is 2.69. The summed E-state index contributed by atoms with van der Waals surface area (Å²) in [5.41, 5.74) is 1.48. The Kier molecular flexibility index (Phi) is 3.55. The maximum atomic E-state index is 2.82. The van der Waals surface area contributed by atoms with Crippen LogP contribution in [0.4, 0.5) is 0 Å². The molecule has 1 atom stereocenters. The third-order valence-electron chi connectivity index (χ3n) is 2.95. The molecule has 0 spiro atoms. The summed E-state index contributed by atoms with van der Waals surface area (Å²) >= 11 is 0. The van der Waals surface area contributed by atoms with Crippen molar-refractivity contribution in [1.82, 2.24) is 4.90 Å². The van der Waals surface area contributed by atoms with Crippen molar-refractivity contribution in [3.8, 4) is 0 Å². The molecule has 1 aliphatic heterocycles. The molecule has 1 aromatic carbocycles. The van der Waals surface area contributed by atoms with E-state index in [1.807, 2.05) is 0 Å². The lowest BCUT2D eigenvalue weighted by Crippen LogP contribution is -2.23. The molecule has 1 saturated heterocycles. The van der Waals surface area contributed by atoms with Gasteiger partial charge >= 0.3 is 0 Å². The monoisotopic (exact) mass is 207 g/mol. The van der Waals surface area contributed by atoms with Gasteiger partial charge in [0.1, 0.15) is 0 Å². The second-order valence-electron chi connectivity index (χ2n) is 4.00. The smallest absolute Gasteiger partial charge is 0.00220 e. The van der Waals surface area contributed by atoms with Crippen LogP contribution < -0.4 is 5.30 Å². The van der Waals surface area contributed by atoms with Gasteiger partial charge in [-0.15, -0.1) is 9.24 Å². The summed E-state index contributed by atoms with van der Waals surface area (Å²) in [6.07, 6.45) is 3.98. The van der Waals surface area contributed by atoms with E-state index in [1.54, 1.807) is 0 Å². The molecule has 0 aliphatic carbocycles. The summed E-state index contributed by atoms with van der Waals surface area (Å²) in [7, 11) is 2.82. The third kappa shape index (κ3) is 2.56. The normalized spacial score (nSPS) is 17.5. The lowest BCUT2D eigenvalue weighted by atomic mass is 10.1. The summed E-state index contributed by atoms with van der Waals surface area (Å²) in [5, 5.41) is 1.35. The molecular weight excluding hydrogens is 189 g/mol. The van der Waals surface area contributed by atoms with Crippen LogP contribution in [-0.2, 0) is 6.42 Å². The Bertz CT molecular complexity index is 292. The minimum absolute atomic E-state index is 1.19. The quantitative estimate of drug-likeness (QED) is 0.683. The van der Waals surface area contributed by atoms with E-state index in [-0.39, 0.29) is 0 Å². The van der Waals surface area contributed by atoms with Crippen LogP contribution >= 0.6 is 9.24 Å². The average molecular weight is 207 g/mol. The molecule has 76 valence electrons. The van der Waals surface area contributed by atoms with Crippen molar-refractivity contribution in [3.05, 3.63) is 29.8 Å². The van der Waals surface area contributed by atoms with Gasteiger partial charge in [-0.1, -0.05) is 24.3 Å². The fourth-order valence-electron chi connectivity index (χ4n) is 2.05. The Morgan fingerprint density at radius 2 is 1.86 bits per heavy atom. The molecule has 1 aliphatic rings. The third-order valence-corrected chi connectivity index (χ3v) is 3.51. The van der Waals surface area contributed by atoms with Crippen molar-refractivity contribution in [2.45, 2.75) is 19.3 Å². The lowest BCUT2D eigenvalue weighted by Gasteiger charge is -2.14. The van der Waals surface area contributed by atoms with Gasteiger partial charge in [0.2, 0.25) is 0 Å². The van der Waals surface area contributed by atoms with Gasteiger partial charge in [0.05, 0.1) is 0 Å².